The molecule has 0 saturated heterocycles. The Balaban J connectivity index is 0.00000280. The zero-order valence-electron chi connectivity index (χ0n) is 17.1. The minimum Gasteiger partial charge on any atom is -0.494 e. The largest absolute Gasteiger partial charge is 0.494 e. The molecule has 3 rings (SSSR count). The maximum atomic E-state index is 11.8. The summed E-state index contributed by atoms with van der Waals surface area (Å²) in [6, 6.07) is 10.2. The smallest absolute Gasteiger partial charge is 0.251 e. The van der Waals surface area contributed by atoms with E-state index in [0.29, 0.717) is 19.2 Å². The number of halogens is 3. The number of hydrogen-bond donors (Lipinski definition) is 3. The van der Waals surface area contributed by atoms with Gasteiger partial charge >= 0.3 is 0 Å². The van der Waals surface area contributed by atoms with Crippen molar-refractivity contribution < 1.29 is 9.53 Å². The lowest BCUT2D eigenvalue weighted by atomic mass is 10.0. The number of fused-ring (bicyclic) bond motifs is 1. The van der Waals surface area contributed by atoms with Gasteiger partial charge < -0.3 is 20.7 Å². The minimum atomic E-state index is 0. The Labute approximate surface area is 197 Å². The first kappa shape index (κ1) is 28.4. The molecule has 1 aromatic heterocycles. The zero-order chi connectivity index (χ0) is 18.9. The fourth-order valence-electron chi connectivity index (χ4n) is 3.30. The van der Waals surface area contributed by atoms with Gasteiger partial charge in [0.05, 0.1) is 6.61 Å². The second kappa shape index (κ2) is 15.3. The molecule has 0 saturated carbocycles. The summed E-state index contributed by atoms with van der Waals surface area (Å²) in [6.07, 6.45) is 6.47. The fourth-order valence-corrected chi connectivity index (χ4v) is 3.30. The summed E-state index contributed by atoms with van der Waals surface area (Å²) in [7, 11) is 1.97. The number of carbonyl (C=O) groups excluding carboxylic acids is 1. The van der Waals surface area contributed by atoms with Crippen LogP contribution in [0, 0.1) is 0 Å². The number of amides is 1. The molecule has 0 fully saturated rings. The van der Waals surface area contributed by atoms with Gasteiger partial charge in [-0.3, -0.25) is 9.78 Å². The Bertz CT molecular complexity index is 750. The number of ether oxygens (including phenoxy) is 1. The topological polar surface area (TPSA) is 75.3 Å². The van der Waals surface area contributed by atoms with Gasteiger partial charge in [0.2, 0.25) is 0 Å². The lowest BCUT2D eigenvalue weighted by Gasteiger charge is -2.19. The number of rotatable bonds is 10. The highest BCUT2D eigenvalue weighted by molar-refractivity contribution is 5.96. The minimum absolute atomic E-state index is 0. The SMILES string of the molecule is CNCCC(NCCCOc1ccc2c(c1)CCNC2=O)c1ccncc1.Cl.Cl.Cl. The first-order chi connectivity index (χ1) is 13.3. The summed E-state index contributed by atoms with van der Waals surface area (Å²) in [4.78, 5) is 15.9. The van der Waals surface area contributed by atoms with Crippen LogP contribution in [0.1, 0.15) is 40.4 Å². The Morgan fingerprint density at radius 2 is 1.90 bits per heavy atom. The number of nitrogens with one attached hydrogen (secondary N) is 3. The molecule has 9 heteroatoms. The number of carbonyl (C=O) groups is 1. The summed E-state index contributed by atoms with van der Waals surface area (Å²) in [5.74, 6) is 0.847. The molecule has 1 aromatic carbocycles. The predicted molar refractivity (Wildman–Crippen MR) is 128 cm³/mol. The molecule has 0 radical (unpaired) electrons. The van der Waals surface area contributed by atoms with Crippen molar-refractivity contribution in [2.75, 3.05) is 33.3 Å². The zero-order valence-corrected chi connectivity index (χ0v) is 19.5. The highest BCUT2D eigenvalue weighted by Crippen LogP contribution is 2.21. The third kappa shape index (κ3) is 8.28. The maximum absolute atomic E-state index is 11.8. The predicted octanol–water partition coefficient (Wildman–Crippen LogP) is 3.34. The van der Waals surface area contributed by atoms with E-state index in [0.717, 1.165) is 49.2 Å². The van der Waals surface area contributed by atoms with E-state index in [1.807, 2.05) is 37.6 Å². The molecule has 1 aliphatic heterocycles. The molecule has 1 aliphatic rings. The van der Waals surface area contributed by atoms with E-state index in [1.54, 1.807) is 0 Å². The summed E-state index contributed by atoms with van der Waals surface area (Å²) in [5, 5.41) is 9.68. The third-order valence-corrected chi connectivity index (χ3v) is 4.77. The number of nitrogens with zero attached hydrogens (tertiary/aromatic N) is 1. The van der Waals surface area contributed by atoms with Crippen molar-refractivity contribution in [3.63, 3.8) is 0 Å². The van der Waals surface area contributed by atoms with Crippen LogP contribution < -0.4 is 20.7 Å². The highest BCUT2D eigenvalue weighted by Gasteiger charge is 2.16. The summed E-state index contributed by atoms with van der Waals surface area (Å²) in [6.45, 7) is 3.18. The maximum Gasteiger partial charge on any atom is 0.251 e. The molecule has 1 amide bonds. The normalized spacial score (nSPS) is 12.9. The van der Waals surface area contributed by atoms with E-state index in [9.17, 15) is 4.79 Å². The molecule has 2 aromatic rings. The Morgan fingerprint density at radius 3 is 2.63 bits per heavy atom. The molecular formula is C21H31Cl3N4O2. The van der Waals surface area contributed by atoms with Crippen LogP contribution in [0.15, 0.2) is 42.7 Å². The van der Waals surface area contributed by atoms with Crippen molar-refractivity contribution >= 4 is 43.1 Å². The van der Waals surface area contributed by atoms with Gasteiger partial charge in [-0.25, -0.2) is 0 Å². The van der Waals surface area contributed by atoms with Gasteiger partial charge in [0.15, 0.2) is 0 Å². The quantitative estimate of drug-likeness (QED) is 0.458. The molecule has 3 N–H and O–H groups in total. The van der Waals surface area contributed by atoms with Crippen LogP contribution >= 0.6 is 37.2 Å². The van der Waals surface area contributed by atoms with Gasteiger partial charge in [0.1, 0.15) is 5.75 Å². The molecule has 1 unspecified atom stereocenters. The second-order valence-electron chi connectivity index (χ2n) is 6.71. The van der Waals surface area contributed by atoms with Gasteiger partial charge in [-0.05, 0) is 80.9 Å². The first-order valence-electron chi connectivity index (χ1n) is 9.60. The summed E-state index contributed by atoms with van der Waals surface area (Å²) < 4.78 is 5.88. The fraction of sp³-hybridized carbons (Fsp3) is 0.429. The summed E-state index contributed by atoms with van der Waals surface area (Å²) in [5.41, 5.74) is 3.09. The highest BCUT2D eigenvalue weighted by atomic mass is 35.5. The van der Waals surface area contributed by atoms with Crippen LogP contribution in [0.25, 0.3) is 0 Å². The van der Waals surface area contributed by atoms with E-state index in [2.05, 4.69) is 33.1 Å². The van der Waals surface area contributed by atoms with Crippen molar-refractivity contribution in [2.24, 2.45) is 0 Å². The lowest BCUT2D eigenvalue weighted by molar-refractivity contribution is 0.0946. The van der Waals surface area contributed by atoms with Crippen LogP contribution in [-0.4, -0.2) is 44.2 Å². The van der Waals surface area contributed by atoms with Crippen LogP contribution in [0.5, 0.6) is 5.75 Å². The Kier molecular flexibility index (Phi) is 14.5. The Morgan fingerprint density at radius 1 is 1.13 bits per heavy atom. The third-order valence-electron chi connectivity index (χ3n) is 4.77. The molecule has 1 atom stereocenters. The van der Waals surface area contributed by atoms with Gasteiger partial charge in [0.25, 0.3) is 5.91 Å². The van der Waals surface area contributed by atoms with Crippen molar-refractivity contribution in [3.05, 3.63) is 59.4 Å². The standard InChI is InChI=1S/C21H28N4O2.3ClH/c1-22-10-8-20(16-5-11-23-12-6-16)24-9-2-14-27-18-3-4-19-17(15-18)7-13-25-21(19)26;;;/h3-6,11-12,15,20,22,24H,2,7-10,13-14H2,1H3,(H,25,26);3*1H. The number of pyridine rings is 1. The van der Waals surface area contributed by atoms with E-state index in [-0.39, 0.29) is 43.1 Å². The van der Waals surface area contributed by atoms with Crippen molar-refractivity contribution in [2.45, 2.75) is 25.3 Å². The molecule has 0 spiro atoms. The van der Waals surface area contributed by atoms with Crippen molar-refractivity contribution in [3.8, 4) is 5.75 Å². The van der Waals surface area contributed by atoms with Crippen molar-refractivity contribution in [1.29, 1.82) is 0 Å². The second-order valence-corrected chi connectivity index (χ2v) is 6.71. The van der Waals surface area contributed by atoms with Crippen LogP contribution in [-0.2, 0) is 6.42 Å². The number of hydrogen-bond acceptors (Lipinski definition) is 5. The molecule has 6 nitrogen and oxygen atoms in total. The Hall–Kier alpha value is -1.57. The molecule has 2 heterocycles. The molecule has 0 aliphatic carbocycles. The number of aromatic nitrogens is 1. The van der Waals surface area contributed by atoms with E-state index >= 15 is 0 Å². The monoisotopic (exact) mass is 476 g/mol. The molecule has 30 heavy (non-hydrogen) atoms. The van der Waals surface area contributed by atoms with E-state index in [4.69, 9.17) is 4.74 Å². The van der Waals surface area contributed by atoms with Gasteiger partial charge in [-0.2, -0.15) is 0 Å². The van der Waals surface area contributed by atoms with Gasteiger partial charge in [-0.15, -0.1) is 37.2 Å². The van der Waals surface area contributed by atoms with Gasteiger partial charge in [-0.1, -0.05) is 0 Å². The average Bonchev–Trinajstić information content (AvgIpc) is 2.71. The summed E-state index contributed by atoms with van der Waals surface area (Å²) >= 11 is 0. The van der Waals surface area contributed by atoms with Gasteiger partial charge in [0, 0.05) is 30.5 Å². The van der Waals surface area contributed by atoms with E-state index in [1.165, 1.54) is 5.56 Å². The van der Waals surface area contributed by atoms with Crippen LogP contribution in [0.4, 0.5) is 0 Å². The van der Waals surface area contributed by atoms with Crippen LogP contribution in [0.3, 0.4) is 0 Å². The van der Waals surface area contributed by atoms with Crippen molar-refractivity contribution in [1.82, 2.24) is 20.9 Å². The first-order valence-corrected chi connectivity index (χ1v) is 9.60. The average molecular weight is 478 g/mol. The molecule has 168 valence electrons. The molecule has 0 bridgehead atoms. The number of benzene rings is 1. The molecular weight excluding hydrogens is 447 g/mol. The van der Waals surface area contributed by atoms with E-state index < -0.39 is 0 Å². The van der Waals surface area contributed by atoms with Crippen LogP contribution in [0.2, 0.25) is 0 Å². The lowest BCUT2D eigenvalue weighted by Crippen LogP contribution is -2.31.